The Kier molecular flexibility index (Phi) is 5.13. The van der Waals surface area contributed by atoms with Gasteiger partial charge in [-0.1, -0.05) is 84.6 Å². The summed E-state index contributed by atoms with van der Waals surface area (Å²) in [4.78, 5) is 30.0. The number of rotatable bonds is 5. The van der Waals surface area contributed by atoms with E-state index in [9.17, 15) is 9.59 Å². The number of anilines is 1. The number of thioether (sulfide) groups is 1. The molecule has 3 aromatic carbocycles. The van der Waals surface area contributed by atoms with Crippen molar-refractivity contribution in [2.24, 2.45) is 0 Å². The minimum Gasteiger partial charge on any atom is -0.335 e. The van der Waals surface area contributed by atoms with Gasteiger partial charge in [0, 0.05) is 22.6 Å². The molecule has 1 heterocycles. The number of Topliss-reactive ketones (excluding diaryl/α,β-unsaturated/α-hetero) is 2. The standard InChI is InChI=1S/C24H19NO2S/c1-2-25-19-15-9-10-16-20(19)28-24(25)21(22(26)17-11-5-3-6-12-17)23(27)18-13-7-4-8-14-18/h3-16H,2H2,1H3. The molecule has 0 fully saturated rings. The van der Waals surface area contributed by atoms with Crippen molar-refractivity contribution in [2.75, 3.05) is 11.4 Å². The van der Waals surface area contributed by atoms with E-state index in [2.05, 4.69) is 4.90 Å². The van der Waals surface area contributed by atoms with Crippen molar-refractivity contribution < 1.29 is 9.59 Å². The number of fused-ring (bicyclic) bond motifs is 1. The van der Waals surface area contributed by atoms with Crippen LogP contribution in [0.3, 0.4) is 0 Å². The lowest BCUT2D eigenvalue weighted by atomic mass is 9.96. The fourth-order valence-electron chi connectivity index (χ4n) is 3.30. The maximum Gasteiger partial charge on any atom is 0.199 e. The van der Waals surface area contributed by atoms with E-state index in [4.69, 9.17) is 0 Å². The fraction of sp³-hybridized carbons (Fsp3) is 0.0833. The van der Waals surface area contributed by atoms with Gasteiger partial charge >= 0.3 is 0 Å². The number of hydrogen-bond donors (Lipinski definition) is 0. The fourth-order valence-corrected chi connectivity index (χ4v) is 4.56. The summed E-state index contributed by atoms with van der Waals surface area (Å²) in [5.74, 6) is -0.494. The lowest BCUT2D eigenvalue weighted by molar-refractivity contribution is 0.0961. The van der Waals surface area contributed by atoms with Gasteiger partial charge in [0.15, 0.2) is 11.6 Å². The van der Waals surface area contributed by atoms with Crippen LogP contribution < -0.4 is 4.90 Å². The smallest absolute Gasteiger partial charge is 0.199 e. The molecule has 0 bridgehead atoms. The van der Waals surface area contributed by atoms with Crippen LogP contribution >= 0.6 is 11.8 Å². The summed E-state index contributed by atoms with van der Waals surface area (Å²) in [5.41, 5.74) is 2.29. The molecule has 1 aliphatic heterocycles. The predicted molar refractivity (Wildman–Crippen MR) is 114 cm³/mol. The molecule has 0 saturated carbocycles. The van der Waals surface area contributed by atoms with Gasteiger partial charge in [-0.15, -0.1) is 0 Å². The Labute approximate surface area is 168 Å². The Morgan fingerprint density at radius 3 is 1.79 bits per heavy atom. The van der Waals surface area contributed by atoms with Crippen LogP contribution in [0.15, 0.2) is 100 Å². The highest BCUT2D eigenvalue weighted by Crippen LogP contribution is 2.47. The van der Waals surface area contributed by atoms with Crippen LogP contribution in [0, 0.1) is 0 Å². The summed E-state index contributed by atoms with van der Waals surface area (Å²) in [7, 11) is 0. The first-order chi connectivity index (χ1) is 13.7. The third kappa shape index (κ3) is 3.27. The van der Waals surface area contributed by atoms with E-state index < -0.39 is 0 Å². The van der Waals surface area contributed by atoms with Crippen LogP contribution in [0.4, 0.5) is 5.69 Å². The molecular weight excluding hydrogens is 366 g/mol. The highest BCUT2D eigenvalue weighted by atomic mass is 32.2. The zero-order chi connectivity index (χ0) is 19.5. The van der Waals surface area contributed by atoms with Crippen LogP contribution in [-0.4, -0.2) is 18.1 Å². The number of benzene rings is 3. The quantitative estimate of drug-likeness (QED) is 0.248. The Balaban J connectivity index is 1.90. The Bertz CT molecular complexity index is 1000. The second-order valence-electron chi connectivity index (χ2n) is 6.38. The molecule has 0 atom stereocenters. The molecule has 0 aromatic heterocycles. The second kappa shape index (κ2) is 7.87. The van der Waals surface area contributed by atoms with E-state index >= 15 is 0 Å². The first-order valence-corrected chi connectivity index (χ1v) is 10.0. The molecule has 0 unspecified atom stereocenters. The lowest BCUT2D eigenvalue weighted by Crippen LogP contribution is -2.24. The molecule has 3 aromatic rings. The van der Waals surface area contributed by atoms with Crippen molar-refractivity contribution >= 4 is 29.0 Å². The third-order valence-corrected chi connectivity index (χ3v) is 5.85. The molecule has 0 spiro atoms. The van der Waals surface area contributed by atoms with E-state index in [1.807, 2.05) is 67.6 Å². The van der Waals surface area contributed by atoms with Crippen molar-refractivity contribution in [3.05, 3.63) is 107 Å². The number of nitrogens with zero attached hydrogens (tertiary/aromatic N) is 1. The van der Waals surface area contributed by atoms with Gasteiger partial charge in [-0.05, 0) is 19.1 Å². The topological polar surface area (TPSA) is 37.4 Å². The van der Waals surface area contributed by atoms with Gasteiger partial charge in [-0.2, -0.15) is 0 Å². The number of hydrogen-bond acceptors (Lipinski definition) is 4. The average Bonchev–Trinajstić information content (AvgIpc) is 3.13. The molecule has 138 valence electrons. The third-order valence-electron chi connectivity index (χ3n) is 4.66. The first-order valence-electron chi connectivity index (χ1n) is 9.19. The highest BCUT2D eigenvalue weighted by molar-refractivity contribution is 8.03. The lowest BCUT2D eigenvalue weighted by Gasteiger charge is -2.21. The van der Waals surface area contributed by atoms with Gasteiger partial charge in [0.1, 0.15) is 5.57 Å². The van der Waals surface area contributed by atoms with Crippen molar-refractivity contribution in [2.45, 2.75) is 11.8 Å². The van der Waals surface area contributed by atoms with Gasteiger partial charge in [0.2, 0.25) is 0 Å². The number of allylic oxidation sites excluding steroid dienone is 1. The summed E-state index contributed by atoms with van der Waals surface area (Å²) < 4.78 is 0. The van der Waals surface area contributed by atoms with Crippen LogP contribution in [0.25, 0.3) is 0 Å². The molecule has 4 heteroatoms. The SMILES string of the molecule is CCN1C(=C(C(=O)c2ccccc2)C(=O)c2ccccc2)Sc2ccccc21. The molecule has 3 nitrogen and oxygen atoms in total. The van der Waals surface area contributed by atoms with Crippen LogP contribution in [0.2, 0.25) is 0 Å². The van der Waals surface area contributed by atoms with Crippen molar-refractivity contribution in [1.29, 1.82) is 0 Å². The normalized spacial score (nSPS) is 12.6. The maximum atomic E-state index is 13.4. The highest BCUT2D eigenvalue weighted by Gasteiger charge is 2.33. The number of ketones is 2. The van der Waals surface area contributed by atoms with Crippen LogP contribution in [0.5, 0.6) is 0 Å². The summed E-state index contributed by atoms with van der Waals surface area (Å²) in [5, 5.41) is 0.700. The van der Waals surface area contributed by atoms with Crippen molar-refractivity contribution in [3.8, 4) is 0 Å². The molecular formula is C24H19NO2S. The van der Waals surface area contributed by atoms with E-state index in [1.165, 1.54) is 11.8 Å². The zero-order valence-corrected chi connectivity index (χ0v) is 16.3. The molecule has 4 rings (SSSR count). The molecule has 0 aliphatic carbocycles. The molecule has 0 amide bonds. The van der Waals surface area contributed by atoms with Gasteiger partial charge in [-0.25, -0.2) is 0 Å². The number of carbonyl (C=O) groups excluding carboxylic acids is 2. The number of carbonyl (C=O) groups is 2. The monoisotopic (exact) mass is 385 g/mol. The van der Waals surface area contributed by atoms with Gasteiger partial charge in [0.25, 0.3) is 0 Å². The Morgan fingerprint density at radius 2 is 1.25 bits per heavy atom. The molecule has 28 heavy (non-hydrogen) atoms. The van der Waals surface area contributed by atoms with Crippen LogP contribution in [-0.2, 0) is 0 Å². The molecule has 0 saturated heterocycles. The minimum absolute atomic E-state index is 0.223. The zero-order valence-electron chi connectivity index (χ0n) is 15.5. The average molecular weight is 385 g/mol. The van der Waals surface area contributed by atoms with E-state index in [0.29, 0.717) is 22.7 Å². The first kappa shape index (κ1) is 18.3. The molecule has 1 aliphatic rings. The minimum atomic E-state index is -0.247. The second-order valence-corrected chi connectivity index (χ2v) is 7.42. The van der Waals surface area contributed by atoms with Crippen LogP contribution in [0.1, 0.15) is 27.6 Å². The molecule has 0 N–H and O–H groups in total. The van der Waals surface area contributed by atoms with Gasteiger partial charge in [0.05, 0.1) is 10.7 Å². The summed E-state index contributed by atoms with van der Waals surface area (Å²) >= 11 is 1.49. The van der Waals surface area contributed by atoms with E-state index in [0.717, 1.165) is 10.6 Å². The summed E-state index contributed by atoms with van der Waals surface area (Å²) in [6.45, 7) is 2.70. The predicted octanol–water partition coefficient (Wildman–Crippen LogP) is 5.60. The summed E-state index contributed by atoms with van der Waals surface area (Å²) in [6.07, 6.45) is 0. The van der Waals surface area contributed by atoms with Gasteiger partial charge in [-0.3, -0.25) is 9.59 Å². The Morgan fingerprint density at radius 1 is 0.750 bits per heavy atom. The van der Waals surface area contributed by atoms with Gasteiger partial charge < -0.3 is 4.90 Å². The van der Waals surface area contributed by atoms with Crippen molar-refractivity contribution in [1.82, 2.24) is 0 Å². The Hall–Kier alpha value is -3.11. The van der Waals surface area contributed by atoms with Crippen molar-refractivity contribution in [3.63, 3.8) is 0 Å². The number of para-hydroxylation sites is 1. The van der Waals surface area contributed by atoms with E-state index in [-0.39, 0.29) is 17.1 Å². The molecule has 0 radical (unpaired) electrons. The summed E-state index contributed by atoms with van der Waals surface area (Å²) in [6, 6.07) is 26.0. The maximum absolute atomic E-state index is 13.4. The largest absolute Gasteiger partial charge is 0.335 e. The van der Waals surface area contributed by atoms with E-state index in [1.54, 1.807) is 24.3 Å².